The Morgan fingerprint density at radius 3 is 2.33 bits per heavy atom. The third-order valence-electron chi connectivity index (χ3n) is 6.11. The maximum atomic E-state index is 13.7. The van der Waals surface area contributed by atoms with Gasteiger partial charge in [0.1, 0.15) is 6.04 Å². The molecule has 0 bridgehead atoms. The van der Waals surface area contributed by atoms with E-state index in [0.717, 1.165) is 34.2 Å². The van der Waals surface area contributed by atoms with Crippen LogP contribution in [0.1, 0.15) is 42.0 Å². The minimum absolute atomic E-state index is 0.0249. The lowest BCUT2D eigenvalue weighted by Crippen LogP contribution is -2.51. The monoisotopic (exact) mass is 566 g/mol. The van der Waals surface area contributed by atoms with Gasteiger partial charge < -0.3 is 10.2 Å². The zero-order chi connectivity index (χ0) is 25.8. The third kappa shape index (κ3) is 8.82. The Bertz CT molecular complexity index is 1110. The average molecular weight is 568 g/mol. The summed E-state index contributed by atoms with van der Waals surface area (Å²) in [6.07, 6.45) is 2.39. The van der Waals surface area contributed by atoms with Crippen molar-refractivity contribution in [2.75, 3.05) is 12.3 Å². The number of aryl methyl sites for hydroxylation is 1. The first-order valence-electron chi connectivity index (χ1n) is 12.5. The van der Waals surface area contributed by atoms with Gasteiger partial charge in [-0.3, -0.25) is 9.59 Å². The molecule has 0 saturated heterocycles. The molecule has 0 saturated carbocycles. The van der Waals surface area contributed by atoms with Crippen molar-refractivity contribution in [3.63, 3.8) is 0 Å². The molecule has 0 unspecified atom stereocenters. The second-order valence-electron chi connectivity index (χ2n) is 8.92. The molecular formula is C30H35BrN2O2S. The molecule has 36 heavy (non-hydrogen) atoms. The van der Waals surface area contributed by atoms with Crippen LogP contribution >= 0.6 is 27.7 Å². The Kier molecular flexibility index (Phi) is 11.6. The molecule has 3 aromatic rings. The first kappa shape index (κ1) is 28.0. The minimum Gasteiger partial charge on any atom is -0.354 e. The summed E-state index contributed by atoms with van der Waals surface area (Å²) in [5, 5.41) is 3.08. The number of benzene rings is 3. The van der Waals surface area contributed by atoms with Gasteiger partial charge in [-0.15, -0.1) is 11.8 Å². The normalized spacial score (nSPS) is 11.6. The van der Waals surface area contributed by atoms with Gasteiger partial charge >= 0.3 is 0 Å². The highest BCUT2D eigenvalue weighted by Gasteiger charge is 2.30. The smallest absolute Gasteiger partial charge is 0.243 e. The summed E-state index contributed by atoms with van der Waals surface area (Å²) < 4.78 is 0.982. The molecular weight excluding hydrogens is 532 g/mol. The Morgan fingerprint density at radius 1 is 0.944 bits per heavy atom. The van der Waals surface area contributed by atoms with Crippen LogP contribution in [-0.2, 0) is 28.3 Å². The maximum absolute atomic E-state index is 13.7. The van der Waals surface area contributed by atoms with Gasteiger partial charge in [0.25, 0.3) is 0 Å². The Hall–Kier alpha value is -2.57. The van der Waals surface area contributed by atoms with Crippen molar-refractivity contribution in [3.05, 3.63) is 106 Å². The second-order valence-corrected chi connectivity index (χ2v) is 10.8. The van der Waals surface area contributed by atoms with E-state index >= 15 is 0 Å². The molecule has 0 heterocycles. The predicted octanol–water partition coefficient (Wildman–Crippen LogP) is 6.55. The standard InChI is InChI=1S/C30H35BrN2O2S/c1-3-4-18-32-30(35)28(19-24-11-6-5-7-12-24)33(20-25-14-16-27(31)17-15-25)29(34)22-36-21-26-13-9-8-10-23(26)2/h5-17,28H,3-4,18-22H2,1-2H3,(H,32,35)/t28-/m1/s1. The van der Waals surface area contributed by atoms with Crippen molar-refractivity contribution in [2.45, 2.75) is 51.4 Å². The van der Waals surface area contributed by atoms with Crippen molar-refractivity contribution < 1.29 is 9.59 Å². The van der Waals surface area contributed by atoms with Crippen LogP contribution in [0.4, 0.5) is 0 Å². The van der Waals surface area contributed by atoms with E-state index < -0.39 is 6.04 Å². The highest BCUT2D eigenvalue weighted by molar-refractivity contribution is 9.10. The van der Waals surface area contributed by atoms with E-state index in [-0.39, 0.29) is 11.8 Å². The van der Waals surface area contributed by atoms with Gasteiger partial charge in [0, 0.05) is 29.7 Å². The molecule has 3 rings (SSSR count). The number of hydrogen-bond donors (Lipinski definition) is 1. The number of hydrogen-bond acceptors (Lipinski definition) is 3. The fourth-order valence-corrected chi connectivity index (χ4v) is 5.20. The SMILES string of the molecule is CCCCNC(=O)[C@@H](Cc1ccccc1)N(Cc1ccc(Br)cc1)C(=O)CSCc1ccccc1C. The number of amides is 2. The van der Waals surface area contributed by atoms with Crippen LogP contribution in [0.3, 0.4) is 0 Å². The van der Waals surface area contributed by atoms with Gasteiger partial charge in [0.05, 0.1) is 5.75 Å². The quantitative estimate of drug-likeness (QED) is 0.239. The van der Waals surface area contributed by atoms with Crippen LogP contribution in [0.5, 0.6) is 0 Å². The van der Waals surface area contributed by atoms with Gasteiger partial charge in [-0.2, -0.15) is 0 Å². The van der Waals surface area contributed by atoms with Crippen LogP contribution < -0.4 is 5.32 Å². The number of halogens is 1. The minimum atomic E-state index is -0.584. The summed E-state index contributed by atoms with van der Waals surface area (Å²) in [6.45, 7) is 5.19. The van der Waals surface area contributed by atoms with E-state index in [1.165, 1.54) is 11.1 Å². The van der Waals surface area contributed by atoms with Gasteiger partial charge in [-0.1, -0.05) is 96.0 Å². The molecule has 0 aliphatic carbocycles. The lowest BCUT2D eigenvalue weighted by Gasteiger charge is -2.31. The first-order chi connectivity index (χ1) is 17.5. The van der Waals surface area contributed by atoms with E-state index in [2.05, 4.69) is 47.2 Å². The highest BCUT2D eigenvalue weighted by Crippen LogP contribution is 2.20. The fraction of sp³-hybridized carbons (Fsp3) is 0.333. The third-order valence-corrected chi connectivity index (χ3v) is 7.61. The van der Waals surface area contributed by atoms with E-state index in [1.54, 1.807) is 16.7 Å². The summed E-state index contributed by atoms with van der Waals surface area (Å²) in [4.78, 5) is 28.9. The molecule has 6 heteroatoms. The average Bonchev–Trinajstić information content (AvgIpc) is 2.89. The van der Waals surface area contributed by atoms with Crippen LogP contribution in [0.25, 0.3) is 0 Å². The molecule has 190 valence electrons. The van der Waals surface area contributed by atoms with Crippen molar-refractivity contribution in [3.8, 4) is 0 Å². The topological polar surface area (TPSA) is 49.4 Å². The number of carbonyl (C=O) groups excluding carboxylic acids is 2. The van der Waals surface area contributed by atoms with Gasteiger partial charge in [0.15, 0.2) is 0 Å². The number of thioether (sulfide) groups is 1. The van der Waals surface area contributed by atoms with Crippen LogP contribution in [0.2, 0.25) is 0 Å². The summed E-state index contributed by atoms with van der Waals surface area (Å²) in [6, 6.07) is 25.5. The van der Waals surface area contributed by atoms with E-state index in [4.69, 9.17) is 0 Å². The predicted molar refractivity (Wildman–Crippen MR) is 154 cm³/mol. The Balaban J connectivity index is 1.83. The van der Waals surface area contributed by atoms with Crippen LogP contribution in [0, 0.1) is 6.92 Å². The summed E-state index contributed by atoms with van der Waals surface area (Å²) in [7, 11) is 0. The van der Waals surface area contributed by atoms with Crippen molar-refractivity contribution in [1.29, 1.82) is 0 Å². The van der Waals surface area contributed by atoms with Crippen molar-refractivity contribution >= 4 is 39.5 Å². The summed E-state index contributed by atoms with van der Waals surface area (Å²) in [5.41, 5.74) is 4.48. The number of unbranched alkanes of at least 4 members (excludes halogenated alkanes) is 1. The molecule has 0 aliphatic heterocycles. The molecule has 0 radical (unpaired) electrons. The van der Waals surface area contributed by atoms with Crippen LogP contribution in [0.15, 0.2) is 83.3 Å². The molecule has 2 amide bonds. The number of carbonyl (C=O) groups is 2. The van der Waals surface area contributed by atoms with E-state index in [9.17, 15) is 9.59 Å². The zero-order valence-electron chi connectivity index (χ0n) is 21.1. The van der Waals surface area contributed by atoms with E-state index in [1.807, 2.05) is 66.7 Å². The van der Waals surface area contributed by atoms with Gasteiger partial charge in [-0.25, -0.2) is 0 Å². The first-order valence-corrected chi connectivity index (χ1v) is 14.4. The molecule has 0 spiro atoms. The number of nitrogens with one attached hydrogen (secondary N) is 1. The maximum Gasteiger partial charge on any atom is 0.243 e. The summed E-state index contributed by atoms with van der Waals surface area (Å²) in [5.74, 6) is 0.958. The van der Waals surface area contributed by atoms with Gasteiger partial charge in [0.2, 0.25) is 11.8 Å². The molecule has 1 N–H and O–H groups in total. The molecule has 0 aliphatic rings. The van der Waals surface area contributed by atoms with Gasteiger partial charge in [-0.05, 0) is 47.7 Å². The van der Waals surface area contributed by atoms with Crippen LogP contribution in [-0.4, -0.2) is 35.1 Å². The molecule has 0 aromatic heterocycles. The van der Waals surface area contributed by atoms with E-state index in [0.29, 0.717) is 25.3 Å². The zero-order valence-corrected chi connectivity index (χ0v) is 23.5. The number of nitrogens with zero attached hydrogens (tertiary/aromatic N) is 1. The molecule has 0 fully saturated rings. The highest BCUT2D eigenvalue weighted by atomic mass is 79.9. The largest absolute Gasteiger partial charge is 0.354 e. The molecule has 4 nitrogen and oxygen atoms in total. The molecule has 1 atom stereocenters. The second kappa shape index (κ2) is 14.9. The fourth-order valence-electron chi connectivity index (χ4n) is 3.95. The number of rotatable bonds is 13. The Morgan fingerprint density at radius 2 is 1.64 bits per heavy atom. The Labute approximate surface area is 228 Å². The molecule has 3 aromatic carbocycles. The van der Waals surface area contributed by atoms with Crippen molar-refractivity contribution in [1.82, 2.24) is 10.2 Å². The lowest BCUT2D eigenvalue weighted by molar-refractivity contribution is -0.139. The summed E-state index contributed by atoms with van der Waals surface area (Å²) >= 11 is 5.08. The van der Waals surface area contributed by atoms with Crippen molar-refractivity contribution in [2.24, 2.45) is 0 Å². The lowest BCUT2D eigenvalue weighted by atomic mass is 10.0.